The summed E-state index contributed by atoms with van der Waals surface area (Å²) < 4.78 is 0. The molecule has 0 unspecified atom stereocenters. The van der Waals surface area contributed by atoms with Gasteiger partial charge < -0.3 is 0 Å². The van der Waals surface area contributed by atoms with Gasteiger partial charge in [0.05, 0.1) is 0 Å². The van der Waals surface area contributed by atoms with E-state index in [2.05, 4.69) is 13.8 Å². The lowest BCUT2D eigenvalue weighted by molar-refractivity contribution is 0.112. The Kier molecular flexibility index (Phi) is 9.18. The van der Waals surface area contributed by atoms with Crippen LogP contribution in [-0.4, -0.2) is 6.29 Å². The van der Waals surface area contributed by atoms with Crippen molar-refractivity contribution >= 4 is 6.29 Å². The molecule has 1 aromatic carbocycles. The molecule has 0 saturated heterocycles. The average Bonchev–Trinajstić information content (AvgIpc) is 2.28. The molecule has 0 aromatic heterocycles. The van der Waals surface area contributed by atoms with Crippen LogP contribution in [0.2, 0.25) is 0 Å². The Bertz CT molecular complexity index is 212. The molecular weight excluding hydrogens is 172 g/mol. The third-order valence-electron chi connectivity index (χ3n) is 1.89. The van der Waals surface area contributed by atoms with E-state index in [0.29, 0.717) is 0 Å². The summed E-state index contributed by atoms with van der Waals surface area (Å²) in [6.45, 7) is 4.46. The Morgan fingerprint density at radius 2 is 1.50 bits per heavy atom. The summed E-state index contributed by atoms with van der Waals surface area (Å²) in [5, 5.41) is 0. The lowest BCUT2D eigenvalue weighted by atomic mass is 10.2. The van der Waals surface area contributed by atoms with Gasteiger partial charge in [0, 0.05) is 5.56 Å². The van der Waals surface area contributed by atoms with Crippen LogP contribution in [-0.2, 0) is 0 Å². The predicted molar refractivity (Wildman–Crippen MR) is 61.6 cm³/mol. The van der Waals surface area contributed by atoms with Gasteiger partial charge in [-0.05, 0) is 0 Å². The van der Waals surface area contributed by atoms with Gasteiger partial charge in [-0.1, -0.05) is 69.9 Å². The molecule has 0 aliphatic rings. The Morgan fingerprint density at radius 3 is 1.79 bits per heavy atom. The highest BCUT2D eigenvalue weighted by Gasteiger charge is 1.80. The van der Waals surface area contributed by atoms with Crippen molar-refractivity contribution in [3.05, 3.63) is 35.9 Å². The summed E-state index contributed by atoms with van der Waals surface area (Å²) in [6, 6.07) is 9.10. The SMILES string of the molecule is CCCCCC.O=Cc1ccccc1. The van der Waals surface area contributed by atoms with E-state index in [1.165, 1.54) is 25.7 Å². The third-order valence-corrected chi connectivity index (χ3v) is 1.89. The number of hydrogen-bond donors (Lipinski definition) is 0. The van der Waals surface area contributed by atoms with Crippen molar-refractivity contribution in [2.24, 2.45) is 0 Å². The quantitative estimate of drug-likeness (QED) is 0.519. The van der Waals surface area contributed by atoms with E-state index in [0.717, 1.165) is 11.8 Å². The second kappa shape index (κ2) is 9.97. The van der Waals surface area contributed by atoms with Crippen molar-refractivity contribution in [3.8, 4) is 0 Å². The average molecular weight is 192 g/mol. The molecule has 0 bridgehead atoms. The molecule has 78 valence electrons. The lowest BCUT2D eigenvalue weighted by Gasteiger charge is -1.86. The molecular formula is C13H20O. The molecule has 0 heterocycles. The summed E-state index contributed by atoms with van der Waals surface area (Å²) in [6.07, 6.45) is 6.37. The molecule has 0 saturated carbocycles. The van der Waals surface area contributed by atoms with Gasteiger partial charge in [0.1, 0.15) is 6.29 Å². The van der Waals surface area contributed by atoms with Crippen molar-refractivity contribution in [3.63, 3.8) is 0 Å². The fraction of sp³-hybridized carbons (Fsp3) is 0.462. The second-order valence-electron chi connectivity index (χ2n) is 3.24. The van der Waals surface area contributed by atoms with Gasteiger partial charge in [-0.2, -0.15) is 0 Å². The van der Waals surface area contributed by atoms with Gasteiger partial charge >= 0.3 is 0 Å². The normalized spacial score (nSPS) is 8.71. The third kappa shape index (κ3) is 7.53. The highest BCUT2D eigenvalue weighted by atomic mass is 16.1. The van der Waals surface area contributed by atoms with Crippen molar-refractivity contribution in [2.75, 3.05) is 0 Å². The summed E-state index contributed by atoms with van der Waals surface area (Å²) >= 11 is 0. The van der Waals surface area contributed by atoms with E-state index in [1.54, 1.807) is 12.1 Å². The van der Waals surface area contributed by atoms with Gasteiger partial charge in [0.25, 0.3) is 0 Å². The Balaban J connectivity index is 0.000000255. The van der Waals surface area contributed by atoms with Gasteiger partial charge in [-0.15, -0.1) is 0 Å². The zero-order chi connectivity index (χ0) is 10.6. The van der Waals surface area contributed by atoms with Gasteiger partial charge in [-0.3, -0.25) is 4.79 Å². The van der Waals surface area contributed by atoms with Crippen LogP contribution in [0.15, 0.2) is 30.3 Å². The number of unbranched alkanes of at least 4 members (excludes halogenated alkanes) is 3. The van der Waals surface area contributed by atoms with Crippen molar-refractivity contribution in [1.29, 1.82) is 0 Å². The first-order valence-corrected chi connectivity index (χ1v) is 5.35. The molecule has 0 fully saturated rings. The minimum atomic E-state index is 0.729. The molecule has 0 aliphatic carbocycles. The first-order valence-electron chi connectivity index (χ1n) is 5.35. The number of carbonyl (C=O) groups excluding carboxylic acids is 1. The maximum Gasteiger partial charge on any atom is 0.150 e. The molecule has 0 N–H and O–H groups in total. The number of carbonyl (C=O) groups is 1. The van der Waals surface area contributed by atoms with E-state index < -0.39 is 0 Å². The summed E-state index contributed by atoms with van der Waals surface area (Å²) in [5.41, 5.74) is 0.729. The lowest BCUT2D eigenvalue weighted by Crippen LogP contribution is -1.73. The first-order chi connectivity index (χ1) is 6.85. The fourth-order valence-electron chi connectivity index (χ4n) is 1.03. The second-order valence-corrected chi connectivity index (χ2v) is 3.24. The van der Waals surface area contributed by atoms with Crippen molar-refractivity contribution < 1.29 is 4.79 Å². The van der Waals surface area contributed by atoms with Gasteiger partial charge in [0.2, 0.25) is 0 Å². The van der Waals surface area contributed by atoms with Crippen LogP contribution < -0.4 is 0 Å². The largest absolute Gasteiger partial charge is 0.298 e. The van der Waals surface area contributed by atoms with Crippen LogP contribution in [0.4, 0.5) is 0 Å². The maximum absolute atomic E-state index is 10.0. The molecule has 0 atom stereocenters. The molecule has 1 aromatic rings. The smallest absolute Gasteiger partial charge is 0.150 e. The van der Waals surface area contributed by atoms with Crippen LogP contribution in [0.3, 0.4) is 0 Å². The van der Waals surface area contributed by atoms with E-state index in [4.69, 9.17) is 0 Å². The molecule has 1 rings (SSSR count). The standard InChI is InChI=1S/C7H6O.C6H14/c8-6-7-4-2-1-3-5-7;1-3-5-6-4-2/h1-6H;3-6H2,1-2H3. The molecule has 14 heavy (non-hydrogen) atoms. The number of hydrogen-bond acceptors (Lipinski definition) is 1. The molecule has 0 aliphatic heterocycles. The van der Waals surface area contributed by atoms with Crippen LogP contribution in [0, 0.1) is 0 Å². The fourth-order valence-corrected chi connectivity index (χ4v) is 1.03. The molecule has 1 nitrogen and oxygen atoms in total. The van der Waals surface area contributed by atoms with Crippen LogP contribution >= 0.6 is 0 Å². The van der Waals surface area contributed by atoms with E-state index >= 15 is 0 Å². The molecule has 1 heteroatoms. The summed E-state index contributed by atoms with van der Waals surface area (Å²) in [4.78, 5) is 10.0. The highest BCUT2D eigenvalue weighted by molar-refractivity contribution is 5.74. The molecule has 0 amide bonds. The Morgan fingerprint density at radius 1 is 1.00 bits per heavy atom. The summed E-state index contributed by atoms with van der Waals surface area (Å²) in [7, 11) is 0. The van der Waals surface area contributed by atoms with Crippen LogP contribution in [0.25, 0.3) is 0 Å². The Hall–Kier alpha value is -1.11. The van der Waals surface area contributed by atoms with Gasteiger partial charge in [0.15, 0.2) is 0 Å². The number of aldehydes is 1. The van der Waals surface area contributed by atoms with Crippen LogP contribution in [0.5, 0.6) is 0 Å². The van der Waals surface area contributed by atoms with Crippen molar-refractivity contribution in [1.82, 2.24) is 0 Å². The summed E-state index contributed by atoms with van der Waals surface area (Å²) in [5.74, 6) is 0. The number of benzene rings is 1. The minimum Gasteiger partial charge on any atom is -0.298 e. The highest BCUT2D eigenvalue weighted by Crippen LogP contribution is 1.95. The van der Waals surface area contributed by atoms with Crippen LogP contribution in [0.1, 0.15) is 49.9 Å². The van der Waals surface area contributed by atoms with Crippen molar-refractivity contribution in [2.45, 2.75) is 39.5 Å². The minimum absolute atomic E-state index is 0.729. The zero-order valence-corrected chi connectivity index (χ0v) is 9.20. The topological polar surface area (TPSA) is 17.1 Å². The monoisotopic (exact) mass is 192 g/mol. The maximum atomic E-state index is 10.0. The van der Waals surface area contributed by atoms with E-state index in [-0.39, 0.29) is 0 Å². The molecule has 0 spiro atoms. The van der Waals surface area contributed by atoms with Gasteiger partial charge in [-0.25, -0.2) is 0 Å². The van der Waals surface area contributed by atoms with E-state index in [9.17, 15) is 4.79 Å². The first kappa shape index (κ1) is 12.9. The Labute approximate surface area is 87.2 Å². The predicted octanol–water partition coefficient (Wildman–Crippen LogP) is 4.09. The number of rotatable bonds is 4. The zero-order valence-electron chi connectivity index (χ0n) is 9.20. The van der Waals surface area contributed by atoms with E-state index in [1.807, 2.05) is 18.2 Å². The molecule has 0 radical (unpaired) electrons.